The second kappa shape index (κ2) is 3.23. The summed E-state index contributed by atoms with van der Waals surface area (Å²) < 4.78 is 0. The molecule has 4 nitrogen and oxygen atoms in total. The summed E-state index contributed by atoms with van der Waals surface area (Å²) >= 11 is 0. The van der Waals surface area contributed by atoms with Gasteiger partial charge in [-0.1, -0.05) is 12.1 Å². The van der Waals surface area contributed by atoms with Gasteiger partial charge < -0.3 is 5.11 Å². The van der Waals surface area contributed by atoms with E-state index in [9.17, 15) is 4.79 Å². The van der Waals surface area contributed by atoms with Crippen molar-refractivity contribution >= 4 is 11.8 Å². The highest BCUT2D eigenvalue weighted by atomic mass is 16.4. The summed E-state index contributed by atoms with van der Waals surface area (Å²) in [5, 5.41) is 9.15. The van der Waals surface area contributed by atoms with Crippen LogP contribution in [0.1, 0.15) is 5.56 Å². The number of rotatable bonds is 1. The smallest absolute Gasteiger partial charge is 0.426 e. The molecule has 1 aromatic carbocycles. The first-order valence-electron chi connectivity index (χ1n) is 3.31. The van der Waals surface area contributed by atoms with Gasteiger partial charge in [-0.15, -0.1) is 0 Å². The Kier molecular flexibility index (Phi) is 2.30. The molecule has 4 heteroatoms. The molecular weight excluding hydrogens is 156 g/mol. The van der Waals surface area contributed by atoms with Crippen molar-refractivity contribution in [2.75, 3.05) is 5.01 Å². The fraction of sp³-hybridized carbons (Fsp3) is 0. The van der Waals surface area contributed by atoms with Crippen LogP contribution in [0.2, 0.25) is 0 Å². The van der Waals surface area contributed by atoms with Crippen LogP contribution in [0.5, 0.6) is 0 Å². The van der Waals surface area contributed by atoms with E-state index in [1.54, 1.807) is 24.3 Å². The van der Waals surface area contributed by atoms with Crippen molar-refractivity contribution in [3.8, 4) is 0 Å². The average Bonchev–Trinajstić information content (AvgIpc) is 2.03. The largest absolute Gasteiger partial charge is 0.464 e. The fourth-order valence-electron chi connectivity index (χ4n) is 0.817. The molecular formula is C8H9N2O2. The minimum absolute atomic E-state index is 0.412. The first-order chi connectivity index (χ1) is 5.61. The Morgan fingerprint density at radius 1 is 1.58 bits per heavy atom. The van der Waals surface area contributed by atoms with Crippen molar-refractivity contribution in [2.24, 2.45) is 5.84 Å². The standard InChI is InChI=1S/C8H9N2O2/c1-6-3-2-4-7(5-6)10(9)8(11)12/h2-5H,1,9H2,(H,11,12). The number of hydrogen-bond acceptors (Lipinski definition) is 2. The summed E-state index contributed by atoms with van der Waals surface area (Å²) in [7, 11) is 0. The number of hydrazine groups is 1. The molecule has 1 radical (unpaired) electrons. The van der Waals surface area contributed by atoms with Crippen LogP contribution in [0, 0.1) is 6.92 Å². The third kappa shape index (κ3) is 1.73. The quantitative estimate of drug-likeness (QED) is 0.373. The van der Waals surface area contributed by atoms with E-state index in [0.29, 0.717) is 10.7 Å². The normalized spacial score (nSPS) is 9.50. The minimum atomic E-state index is -1.19. The molecule has 0 heterocycles. The van der Waals surface area contributed by atoms with E-state index in [1.807, 2.05) is 0 Å². The van der Waals surface area contributed by atoms with E-state index >= 15 is 0 Å². The zero-order chi connectivity index (χ0) is 9.14. The maximum atomic E-state index is 10.4. The molecule has 0 aliphatic carbocycles. The zero-order valence-corrected chi connectivity index (χ0v) is 6.40. The third-order valence-corrected chi connectivity index (χ3v) is 1.39. The van der Waals surface area contributed by atoms with Crippen LogP contribution >= 0.6 is 0 Å². The van der Waals surface area contributed by atoms with Crippen LogP contribution < -0.4 is 10.9 Å². The molecule has 0 aromatic heterocycles. The van der Waals surface area contributed by atoms with Crippen LogP contribution in [0.3, 0.4) is 0 Å². The highest BCUT2D eigenvalue weighted by Gasteiger charge is 2.07. The maximum absolute atomic E-state index is 10.4. The first-order valence-corrected chi connectivity index (χ1v) is 3.31. The number of anilines is 1. The SMILES string of the molecule is [CH2]c1cccc(N(N)C(=O)O)c1. The molecule has 0 fully saturated rings. The van der Waals surface area contributed by atoms with Gasteiger partial charge >= 0.3 is 6.09 Å². The molecule has 0 saturated carbocycles. The Morgan fingerprint density at radius 3 is 2.75 bits per heavy atom. The number of benzene rings is 1. The van der Waals surface area contributed by atoms with Gasteiger partial charge in [-0.25, -0.2) is 15.6 Å². The van der Waals surface area contributed by atoms with E-state index in [2.05, 4.69) is 6.92 Å². The number of carboxylic acid groups (broad SMARTS) is 1. The lowest BCUT2D eigenvalue weighted by Crippen LogP contribution is -2.35. The van der Waals surface area contributed by atoms with Crippen molar-refractivity contribution < 1.29 is 9.90 Å². The lowest BCUT2D eigenvalue weighted by atomic mass is 10.2. The minimum Gasteiger partial charge on any atom is -0.464 e. The zero-order valence-electron chi connectivity index (χ0n) is 6.40. The van der Waals surface area contributed by atoms with Gasteiger partial charge in [0.15, 0.2) is 0 Å². The Hall–Kier alpha value is -1.55. The van der Waals surface area contributed by atoms with E-state index < -0.39 is 6.09 Å². The first kappa shape index (κ1) is 8.55. The molecule has 1 amide bonds. The van der Waals surface area contributed by atoms with E-state index in [4.69, 9.17) is 10.9 Å². The van der Waals surface area contributed by atoms with Crippen molar-refractivity contribution in [3.63, 3.8) is 0 Å². The summed E-state index contributed by atoms with van der Waals surface area (Å²) in [4.78, 5) is 10.4. The van der Waals surface area contributed by atoms with Gasteiger partial charge in [0.2, 0.25) is 0 Å². The predicted molar refractivity (Wildman–Crippen MR) is 45.6 cm³/mol. The monoisotopic (exact) mass is 165 g/mol. The highest BCUT2D eigenvalue weighted by Crippen LogP contribution is 2.12. The molecule has 0 saturated heterocycles. The van der Waals surface area contributed by atoms with Gasteiger partial charge in [0.1, 0.15) is 0 Å². The topological polar surface area (TPSA) is 66.6 Å². The summed E-state index contributed by atoms with van der Waals surface area (Å²) in [6, 6.07) is 6.65. The van der Waals surface area contributed by atoms with E-state index in [1.165, 1.54) is 0 Å². The van der Waals surface area contributed by atoms with Crippen molar-refractivity contribution in [2.45, 2.75) is 0 Å². The van der Waals surface area contributed by atoms with Crippen molar-refractivity contribution in [3.05, 3.63) is 36.8 Å². The summed E-state index contributed by atoms with van der Waals surface area (Å²) in [5.41, 5.74) is 1.14. The predicted octanol–water partition coefficient (Wildman–Crippen LogP) is 1.23. The number of hydrogen-bond donors (Lipinski definition) is 2. The second-order valence-corrected chi connectivity index (χ2v) is 2.32. The lowest BCUT2D eigenvalue weighted by Gasteiger charge is -2.12. The number of nitrogens with zero attached hydrogens (tertiary/aromatic N) is 1. The summed E-state index contributed by atoms with van der Waals surface area (Å²) in [6.07, 6.45) is -1.19. The van der Waals surface area contributed by atoms with Gasteiger partial charge in [0.05, 0.1) is 5.69 Å². The molecule has 0 atom stereocenters. The van der Waals surface area contributed by atoms with Crippen LogP contribution in [-0.4, -0.2) is 11.2 Å². The lowest BCUT2D eigenvalue weighted by molar-refractivity contribution is 0.202. The van der Waals surface area contributed by atoms with Crippen molar-refractivity contribution in [1.29, 1.82) is 0 Å². The fourth-order valence-corrected chi connectivity index (χ4v) is 0.817. The van der Waals surface area contributed by atoms with Crippen LogP contribution in [0.25, 0.3) is 0 Å². The van der Waals surface area contributed by atoms with Gasteiger partial charge in [-0.2, -0.15) is 0 Å². The van der Waals surface area contributed by atoms with Gasteiger partial charge in [-0.05, 0) is 24.6 Å². The second-order valence-electron chi connectivity index (χ2n) is 2.32. The maximum Gasteiger partial charge on any atom is 0.426 e. The molecule has 0 aliphatic rings. The Bertz CT molecular complexity index is 299. The molecule has 3 N–H and O–H groups in total. The molecule has 1 rings (SSSR count). The number of carbonyl (C=O) groups is 1. The third-order valence-electron chi connectivity index (χ3n) is 1.39. The summed E-state index contributed by atoms with van der Waals surface area (Å²) in [5.74, 6) is 5.21. The Labute approximate surface area is 70.2 Å². The molecule has 1 aromatic rings. The van der Waals surface area contributed by atoms with Gasteiger partial charge in [0.25, 0.3) is 0 Å². The van der Waals surface area contributed by atoms with Gasteiger partial charge in [0, 0.05) is 0 Å². The number of amides is 1. The average molecular weight is 165 g/mol. The highest BCUT2D eigenvalue weighted by molar-refractivity contribution is 5.84. The molecule has 0 unspecified atom stereocenters. The Balaban J connectivity index is 2.95. The molecule has 12 heavy (non-hydrogen) atoms. The van der Waals surface area contributed by atoms with Crippen LogP contribution in [0.4, 0.5) is 10.5 Å². The van der Waals surface area contributed by atoms with E-state index in [-0.39, 0.29) is 0 Å². The Morgan fingerprint density at radius 2 is 2.25 bits per heavy atom. The summed E-state index contributed by atoms with van der Waals surface area (Å²) in [6.45, 7) is 3.65. The van der Waals surface area contributed by atoms with Crippen LogP contribution in [-0.2, 0) is 0 Å². The van der Waals surface area contributed by atoms with Gasteiger partial charge in [-0.3, -0.25) is 0 Å². The molecule has 0 bridgehead atoms. The van der Waals surface area contributed by atoms with Crippen molar-refractivity contribution in [1.82, 2.24) is 0 Å². The molecule has 63 valence electrons. The molecule has 0 spiro atoms. The number of nitrogens with two attached hydrogens (primary N) is 1. The molecule has 0 aliphatic heterocycles. The van der Waals surface area contributed by atoms with E-state index in [0.717, 1.165) is 5.56 Å². The van der Waals surface area contributed by atoms with Crippen LogP contribution in [0.15, 0.2) is 24.3 Å².